The average Bonchev–Trinajstić information content (AvgIpc) is 3.33. The first-order valence-corrected chi connectivity index (χ1v) is 11.8. The molecule has 5 rings (SSSR count). The minimum absolute atomic E-state index is 0.393. The molecular weight excluding hydrogens is 432 g/mol. The van der Waals surface area contributed by atoms with E-state index >= 15 is 0 Å². The molecule has 1 aromatic carbocycles. The number of ether oxygens (including phenoxy) is 3. The number of aromatic nitrogens is 4. The molecule has 0 radical (unpaired) electrons. The number of benzene rings is 1. The monoisotopic (exact) mass is 462 g/mol. The quantitative estimate of drug-likeness (QED) is 0.403. The van der Waals surface area contributed by atoms with E-state index in [1.165, 1.54) is 13.0 Å². The van der Waals surface area contributed by atoms with Gasteiger partial charge in [0, 0.05) is 49.7 Å². The largest absolute Gasteiger partial charge is 0.493 e. The lowest BCUT2D eigenvalue weighted by atomic mass is 10.1. The zero-order valence-electron chi connectivity index (χ0n) is 19.7. The third kappa shape index (κ3) is 4.90. The van der Waals surface area contributed by atoms with E-state index in [2.05, 4.69) is 36.9 Å². The number of rotatable bonds is 9. The highest BCUT2D eigenvalue weighted by Gasteiger charge is 2.17. The summed E-state index contributed by atoms with van der Waals surface area (Å²) < 4.78 is 17.8. The Morgan fingerprint density at radius 2 is 1.79 bits per heavy atom. The van der Waals surface area contributed by atoms with Crippen molar-refractivity contribution in [2.45, 2.75) is 13.3 Å². The fourth-order valence-electron chi connectivity index (χ4n) is 4.34. The first kappa shape index (κ1) is 22.4. The van der Waals surface area contributed by atoms with Crippen LogP contribution >= 0.6 is 0 Å². The zero-order valence-corrected chi connectivity index (χ0v) is 19.7. The Morgan fingerprint density at radius 3 is 2.59 bits per heavy atom. The Hall–Kier alpha value is -3.43. The van der Waals surface area contributed by atoms with Crippen LogP contribution in [0.15, 0.2) is 42.9 Å². The van der Waals surface area contributed by atoms with Crippen molar-refractivity contribution in [1.82, 2.24) is 30.0 Å². The maximum Gasteiger partial charge on any atom is 0.246 e. The molecule has 9 heteroatoms. The summed E-state index contributed by atoms with van der Waals surface area (Å²) in [5, 5.41) is 10.9. The van der Waals surface area contributed by atoms with Gasteiger partial charge < -0.3 is 24.1 Å². The SMILES string of the molecule is CCCN1CCN(CCOc2cc3cnnc(Oc4cnc5[nH]ccc5c4)c3cc2OC)CC1. The van der Waals surface area contributed by atoms with Gasteiger partial charge in [0.05, 0.1) is 24.9 Å². The van der Waals surface area contributed by atoms with Crippen LogP contribution in [0, 0.1) is 0 Å². The van der Waals surface area contributed by atoms with Crippen LogP contribution in [0.3, 0.4) is 0 Å². The lowest BCUT2D eigenvalue weighted by Gasteiger charge is -2.34. The van der Waals surface area contributed by atoms with Crippen LogP contribution in [-0.2, 0) is 0 Å². The number of nitrogens with one attached hydrogen (secondary N) is 1. The van der Waals surface area contributed by atoms with Gasteiger partial charge in [-0.25, -0.2) is 4.98 Å². The number of methoxy groups -OCH3 is 1. The number of pyridine rings is 1. The number of hydrogen-bond donors (Lipinski definition) is 1. The van der Waals surface area contributed by atoms with Gasteiger partial charge in [-0.1, -0.05) is 6.92 Å². The molecule has 0 amide bonds. The highest BCUT2D eigenvalue weighted by atomic mass is 16.5. The molecule has 9 nitrogen and oxygen atoms in total. The predicted molar refractivity (Wildman–Crippen MR) is 131 cm³/mol. The molecule has 0 saturated carbocycles. The van der Waals surface area contributed by atoms with Crippen molar-refractivity contribution < 1.29 is 14.2 Å². The maximum absolute atomic E-state index is 6.13. The Bertz CT molecular complexity index is 1250. The summed E-state index contributed by atoms with van der Waals surface area (Å²) in [5.41, 5.74) is 0.808. The molecule has 1 aliphatic heterocycles. The fraction of sp³-hybridized carbons (Fsp3) is 0.400. The van der Waals surface area contributed by atoms with Gasteiger partial charge in [-0.15, -0.1) is 5.10 Å². The van der Waals surface area contributed by atoms with Crippen molar-refractivity contribution in [3.63, 3.8) is 0 Å². The summed E-state index contributed by atoms with van der Waals surface area (Å²) in [6.45, 7) is 9.32. The van der Waals surface area contributed by atoms with Crippen LogP contribution in [0.25, 0.3) is 21.8 Å². The molecule has 3 aromatic heterocycles. The van der Waals surface area contributed by atoms with Gasteiger partial charge in [0.1, 0.15) is 18.0 Å². The molecule has 34 heavy (non-hydrogen) atoms. The third-order valence-electron chi connectivity index (χ3n) is 6.17. The van der Waals surface area contributed by atoms with Gasteiger partial charge in [0.2, 0.25) is 5.88 Å². The minimum atomic E-state index is 0.393. The Morgan fingerprint density at radius 1 is 0.971 bits per heavy atom. The van der Waals surface area contributed by atoms with Crippen LogP contribution in [0.2, 0.25) is 0 Å². The summed E-state index contributed by atoms with van der Waals surface area (Å²) in [7, 11) is 1.64. The van der Waals surface area contributed by atoms with Crippen molar-refractivity contribution >= 4 is 21.8 Å². The van der Waals surface area contributed by atoms with E-state index in [0.29, 0.717) is 29.7 Å². The van der Waals surface area contributed by atoms with Crippen molar-refractivity contribution in [1.29, 1.82) is 0 Å². The fourth-order valence-corrected chi connectivity index (χ4v) is 4.34. The summed E-state index contributed by atoms with van der Waals surface area (Å²) >= 11 is 0. The summed E-state index contributed by atoms with van der Waals surface area (Å²) in [5.74, 6) is 2.31. The van der Waals surface area contributed by atoms with Gasteiger partial charge in [0.15, 0.2) is 11.5 Å². The topological polar surface area (TPSA) is 88.6 Å². The molecule has 4 aromatic rings. The van der Waals surface area contributed by atoms with E-state index in [9.17, 15) is 0 Å². The molecule has 1 N–H and O–H groups in total. The summed E-state index contributed by atoms with van der Waals surface area (Å²) in [4.78, 5) is 12.4. The molecule has 1 fully saturated rings. The average molecular weight is 463 g/mol. The number of H-pyrrole nitrogens is 1. The molecule has 0 unspecified atom stereocenters. The number of fused-ring (bicyclic) bond motifs is 2. The normalized spacial score (nSPS) is 15.1. The highest BCUT2D eigenvalue weighted by Crippen LogP contribution is 2.36. The van der Waals surface area contributed by atoms with E-state index in [1.807, 2.05) is 30.5 Å². The Labute approximate surface area is 198 Å². The number of piperazine rings is 1. The van der Waals surface area contributed by atoms with E-state index in [1.54, 1.807) is 19.5 Å². The molecule has 4 heterocycles. The molecule has 0 aliphatic carbocycles. The predicted octanol–water partition coefficient (Wildman–Crippen LogP) is 3.71. The van der Waals surface area contributed by atoms with Crippen LogP contribution in [0.5, 0.6) is 23.1 Å². The summed E-state index contributed by atoms with van der Waals surface area (Å²) in [6, 6.07) is 7.68. The molecule has 1 saturated heterocycles. The second-order valence-corrected chi connectivity index (χ2v) is 8.46. The molecule has 0 atom stereocenters. The van der Waals surface area contributed by atoms with Crippen LogP contribution in [0.4, 0.5) is 0 Å². The van der Waals surface area contributed by atoms with E-state index in [0.717, 1.165) is 54.5 Å². The van der Waals surface area contributed by atoms with E-state index < -0.39 is 0 Å². The standard InChI is InChI=1S/C25H30N6O3/c1-3-6-30-7-9-31(10-8-30)11-12-33-23-14-19-16-28-29-25(21(19)15-22(23)32-2)34-20-13-18-4-5-26-24(18)27-17-20/h4-5,13-17H,3,6-12H2,1-2H3,(H,26,27). The molecule has 1 aliphatic rings. The molecule has 178 valence electrons. The molecule has 0 spiro atoms. The van der Waals surface area contributed by atoms with Crippen molar-refractivity contribution in [3.8, 4) is 23.1 Å². The third-order valence-corrected chi connectivity index (χ3v) is 6.17. The first-order valence-electron chi connectivity index (χ1n) is 11.8. The van der Waals surface area contributed by atoms with E-state index in [4.69, 9.17) is 14.2 Å². The lowest BCUT2D eigenvalue weighted by Crippen LogP contribution is -2.47. The lowest BCUT2D eigenvalue weighted by molar-refractivity contribution is 0.116. The number of nitrogens with zero attached hydrogens (tertiary/aromatic N) is 5. The highest BCUT2D eigenvalue weighted by molar-refractivity contribution is 5.89. The minimum Gasteiger partial charge on any atom is -0.493 e. The smallest absolute Gasteiger partial charge is 0.246 e. The van der Waals surface area contributed by atoms with Gasteiger partial charge in [0.25, 0.3) is 0 Å². The first-order chi connectivity index (χ1) is 16.7. The van der Waals surface area contributed by atoms with Gasteiger partial charge in [-0.3, -0.25) is 4.90 Å². The molecular formula is C25H30N6O3. The van der Waals surface area contributed by atoms with Crippen molar-refractivity contribution in [2.75, 3.05) is 53.0 Å². The maximum atomic E-state index is 6.13. The zero-order chi connectivity index (χ0) is 23.3. The van der Waals surface area contributed by atoms with Gasteiger partial charge >= 0.3 is 0 Å². The van der Waals surface area contributed by atoms with Gasteiger partial charge in [-0.2, -0.15) is 5.10 Å². The van der Waals surface area contributed by atoms with Crippen LogP contribution in [-0.4, -0.2) is 83.0 Å². The summed E-state index contributed by atoms with van der Waals surface area (Å²) in [6.07, 6.45) is 6.42. The molecule has 0 bridgehead atoms. The van der Waals surface area contributed by atoms with E-state index in [-0.39, 0.29) is 0 Å². The second kappa shape index (κ2) is 10.2. The second-order valence-electron chi connectivity index (χ2n) is 8.46. The Kier molecular flexibility index (Phi) is 6.73. The van der Waals surface area contributed by atoms with Gasteiger partial charge in [-0.05, 0) is 37.2 Å². The van der Waals surface area contributed by atoms with Crippen molar-refractivity contribution in [3.05, 3.63) is 42.9 Å². The number of aromatic amines is 1. The van der Waals surface area contributed by atoms with Crippen LogP contribution in [0.1, 0.15) is 13.3 Å². The number of hydrogen-bond acceptors (Lipinski definition) is 8. The van der Waals surface area contributed by atoms with Crippen LogP contribution < -0.4 is 14.2 Å². The van der Waals surface area contributed by atoms with Crippen molar-refractivity contribution in [2.24, 2.45) is 0 Å². The Balaban J connectivity index is 1.28.